The Kier molecular flexibility index (Phi) is 5.01. The van der Waals surface area contributed by atoms with E-state index in [9.17, 15) is 0 Å². The van der Waals surface area contributed by atoms with E-state index in [1.807, 2.05) is 24.3 Å². The van der Waals surface area contributed by atoms with Crippen LogP contribution < -0.4 is 0 Å². The van der Waals surface area contributed by atoms with E-state index in [0.717, 1.165) is 23.7 Å². The summed E-state index contributed by atoms with van der Waals surface area (Å²) in [5, 5.41) is 1.44. The predicted molar refractivity (Wildman–Crippen MR) is 87.0 cm³/mol. The van der Waals surface area contributed by atoms with Crippen LogP contribution >= 0.6 is 82.3 Å². The van der Waals surface area contributed by atoms with Crippen molar-refractivity contribution in [1.82, 2.24) is 0 Å². The maximum absolute atomic E-state index is 6.08. The van der Waals surface area contributed by atoms with E-state index in [1.54, 1.807) is 11.3 Å². The predicted octanol–water partition coefficient (Wildman–Crippen LogP) is 7.06. The summed E-state index contributed by atoms with van der Waals surface area (Å²) >= 11 is 24.2. The molecule has 0 spiro atoms. The molecule has 0 amide bonds. The normalized spacial score (nSPS) is 12.8. The third-order valence-electron chi connectivity index (χ3n) is 2.15. The van der Waals surface area contributed by atoms with E-state index in [1.165, 1.54) is 0 Å². The summed E-state index contributed by atoms with van der Waals surface area (Å²) in [6.45, 7) is 0. The quantitative estimate of drug-likeness (QED) is 0.404. The first-order chi connectivity index (χ1) is 7.99. The van der Waals surface area contributed by atoms with Crippen LogP contribution in [-0.2, 0) is 0 Å². The number of halogens is 5. The molecule has 1 aromatic carbocycles. The molecule has 90 valence electrons. The van der Waals surface area contributed by atoms with Crippen molar-refractivity contribution in [3.8, 4) is 0 Å². The van der Waals surface area contributed by atoms with E-state index in [-0.39, 0.29) is 4.83 Å². The van der Waals surface area contributed by atoms with E-state index in [4.69, 9.17) is 23.2 Å². The highest BCUT2D eigenvalue weighted by atomic mass is 79.9. The third-order valence-corrected chi connectivity index (χ3v) is 7.25. The van der Waals surface area contributed by atoms with Crippen LogP contribution in [0.25, 0.3) is 0 Å². The van der Waals surface area contributed by atoms with Crippen LogP contribution in [-0.4, -0.2) is 0 Å². The Bertz CT molecular complexity index is 534. The first kappa shape index (κ1) is 14.4. The molecule has 0 aliphatic heterocycles. The minimum Gasteiger partial charge on any atom is -0.130 e. The lowest BCUT2D eigenvalue weighted by Crippen LogP contribution is -1.89. The second-order valence-corrected chi connectivity index (χ2v) is 8.29. The summed E-state index contributed by atoms with van der Waals surface area (Å²) in [6.07, 6.45) is 0. The van der Waals surface area contributed by atoms with Gasteiger partial charge in [0.1, 0.15) is 0 Å². The summed E-state index contributed by atoms with van der Waals surface area (Å²) in [5.74, 6) is 0. The van der Waals surface area contributed by atoms with Gasteiger partial charge in [0.05, 0.1) is 18.7 Å². The van der Waals surface area contributed by atoms with Gasteiger partial charge in [-0.25, -0.2) is 0 Å². The van der Waals surface area contributed by atoms with Gasteiger partial charge in [-0.15, -0.1) is 11.3 Å². The molecule has 1 atom stereocenters. The van der Waals surface area contributed by atoms with Crippen molar-refractivity contribution in [2.45, 2.75) is 4.83 Å². The van der Waals surface area contributed by atoms with E-state index in [2.05, 4.69) is 47.8 Å². The van der Waals surface area contributed by atoms with E-state index in [0.29, 0.717) is 5.02 Å². The van der Waals surface area contributed by atoms with E-state index >= 15 is 0 Å². The Hall–Kier alpha value is 0.940. The molecule has 0 nitrogen and oxygen atoms in total. The molecule has 1 heterocycles. The molecule has 1 aromatic heterocycles. The Morgan fingerprint density at radius 2 is 1.76 bits per heavy atom. The molecule has 0 fully saturated rings. The van der Waals surface area contributed by atoms with Gasteiger partial charge in [-0.05, 0) is 55.6 Å². The molecule has 0 aliphatic carbocycles. The second kappa shape index (κ2) is 5.93. The zero-order valence-electron chi connectivity index (χ0n) is 8.18. The lowest BCUT2D eigenvalue weighted by molar-refractivity contribution is 1.22. The van der Waals surface area contributed by atoms with Crippen molar-refractivity contribution in [2.24, 2.45) is 0 Å². The number of benzene rings is 1. The van der Waals surface area contributed by atoms with Crippen molar-refractivity contribution in [2.75, 3.05) is 0 Å². The van der Waals surface area contributed by atoms with Gasteiger partial charge in [0.15, 0.2) is 0 Å². The van der Waals surface area contributed by atoms with Crippen LogP contribution in [0.2, 0.25) is 10.0 Å². The fourth-order valence-electron chi connectivity index (χ4n) is 1.32. The maximum Gasteiger partial charge on any atom is 0.0887 e. The van der Waals surface area contributed by atoms with Crippen molar-refractivity contribution < 1.29 is 0 Å². The zero-order chi connectivity index (χ0) is 12.6. The number of rotatable bonds is 2. The van der Waals surface area contributed by atoms with Crippen molar-refractivity contribution in [3.63, 3.8) is 0 Å². The van der Waals surface area contributed by atoms with Crippen LogP contribution in [0.1, 0.15) is 15.3 Å². The van der Waals surface area contributed by atoms with Gasteiger partial charge in [0, 0.05) is 9.35 Å². The molecule has 0 N–H and O–H groups in total. The molecule has 1 unspecified atom stereocenters. The fourth-order valence-corrected chi connectivity index (χ4v) is 4.21. The lowest BCUT2D eigenvalue weighted by atomic mass is 10.1. The molecular formula is C11H5Br3Cl2S. The number of hydrogen-bond donors (Lipinski definition) is 0. The highest BCUT2D eigenvalue weighted by Gasteiger charge is 2.16. The SMILES string of the molecule is Clc1cc(C(Br)c2cc(Cl)c(Br)s2)ccc1Br. The second-order valence-electron chi connectivity index (χ2n) is 3.31. The molecule has 0 aliphatic rings. The van der Waals surface area contributed by atoms with Crippen LogP contribution in [0.15, 0.2) is 32.5 Å². The molecule has 0 bridgehead atoms. The first-order valence-corrected chi connectivity index (χ1v) is 8.60. The summed E-state index contributed by atoms with van der Waals surface area (Å²) in [4.78, 5) is 1.24. The summed E-state index contributed by atoms with van der Waals surface area (Å²) in [6, 6.07) is 7.85. The summed E-state index contributed by atoms with van der Waals surface area (Å²) in [5.41, 5.74) is 1.10. The van der Waals surface area contributed by atoms with Gasteiger partial charge < -0.3 is 0 Å². The smallest absolute Gasteiger partial charge is 0.0887 e. The fraction of sp³-hybridized carbons (Fsp3) is 0.0909. The van der Waals surface area contributed by atoms with Crippen molar-refractivity contribution >= 4 is 82.3 Å². The van der Waals surface area contributed by atoms with Crippen LogP contribution in [0, 0.1) is 0 Å². The number of hydrogen-bond acceptors (Lipinski definition) is 1. The molecule has 0 radical (unpaired) electrons. The highest BCUT2D eigenvalue weighted by Crippen LogP contribution is 2.42. The maximum atomic E-state index is 6.08. The Balaban J connectivity index is 2.36. The average molecular weight is 480 g/mol. The molecule has 17 heavy (non-hydrogen) atoms. The monoisotopic (exact) mass is 476 g/mol. The van der Waals surface area contributed by atoms with Gasteiger partial charge >= 0.3 is 0 Å². The average Bonchev–Trinajstić information content (AvgIpc) is 2.62. The van der Waals surface area contributed by atoms with Crippen LogP contribution in [0.3, 0.4) is 0 Å². The molecular weight excluding hydrogens is 475 g/mol. The first-order valence-electron chi connectivity index (χ1n) is 4.53. The van der Waals surface area contributed by atoms with Gasteiger partial charge in [-0.3, -0.25) is 0 Å². The van der Waals surface area contributed by atoms with Gasteiger partial charge in [0.25, 0.3) is 0 Å². The minimum atomic E-state index is 0.0990. The largest absolute Gasteiger partial charge is 0.130 e. The van der Waals surface area contributed by atoms with Crippen molar-refractivity contribution in [3.05, 3.63) is 53.0 Å². The Labute approximate surface area is 139 Å². The van der Waals surface area contributed by atoms with E-state index < -0.39 is 0 Å². The van der Waals surface area contributed by atoms with Crippen molar-refractivity contribution in [1.29, 1.82) is 0 Å². The molecule has 6 heteroatoms. The minimum absolute atomic E-state index is 0.0990. The number of thiophene rings is 1. The topological polar surface area (TPSA) is 0 Å². The summed E-state index contributed by atoms with van der Waals surface area (Å²) < 4.78 is 1.84. The summed E-state index contributed by atoms with van der Waals surface area (Å²) in [7, 11) is 0. The number of alkyl halides is 1. The Morgan fingerprint density at radius 1 is 1.06 bits per heavy atom. The Morgan fingerprint density at radius 3 is 2.29 bits per heavy atom. The van der Waals surface area contributed by atoms with Crippen LogP contribution in [0.5, 0.6) is 0 Å². The van der Waals surface area contributed by atoms with Gasteiger partial charge in [-0.2, -0.15) is 0 Å². The lowest BCUT2D eigenvalue weighted by Gasteiger charge is -2.09. The standard InChI is InChI=1S/C11H5Br3Cl2S/c12-6-2-1-5(3-7(6)15)10(13)9-4-8(16)11(14)17-9/h1-4,10H. The van der Waals surface area contributed by atoms with Gasteiger partial charge in [0.2, 0.25) is 0 Å². The molecule has 0 saturated carbocycles. The molecule has 2 rings (SSSR count). The molecule has 2 aromatic rings. The van der Waals surface area contributed by atoms with Crippen LogP contribution in [0.4, 0.5) is 0 Å². The third kappa shape index (κ3) is 3.28. The van der Waals surface area contributed by atoms with Gasteiger partial charge in [-0.1, -0.05) is 45.2 Å². The highest BCUT2D eigenvalue weighted by molar-refractivity contribution is 9.11. The molecule has 0 saturated heterocycles. The zero-order valence-corrected chi connectivity index (χ0v) is 15.3.